The van der Waals surface area contributed by atoms with Crippen molar-refractivity contribution in [1.29, 1.82) is 0 Å². The summed E-state index contributed by atoms with van der Waals surface area (Å²) < 4.78 is 5.72. The van der Waals surface area contributed by atoms with Crippen LogP contribution in [0.25, 0.3) is 0 Å². The lowest BCUT2D eigenvalue weighted by Crippen LogP contribution is -2.59. The standard InChI is InChI=1S/C20H25N3O5/c1-13-4-5-15(16(8-13)23(26)27)17(24)21-12-20-9-14(10-20)11-22(20)18(25)19(2)6-3-7-28-19/h4-5,8,14H,3,6-7,9-12H2,1-2H3,(H,21,24). The predicted octanol–water partition coefficient (Wildman–Crippen LogP) is 2.19. The lowest BCUT2D eigenvalue weighted by molar-refractivity contribution is -0.385. The van der Waals surface area contributed by atoms with Crippen molar-refractivity contribution >= 4 is 17.5 Å². The Balaban J connectivity index is 1.48. The van der Waals surface area contributed by atoms with Gasteiger partial charge in [0.2, 0.25) is 0 Å². The Morgan fingerprint density at radius 2 is 2.14 bits per heavy atom. The third-order valence-corrected chi connectivity index (χ3v) is 6.44. The first-order valence-electron chi connectivity index (χ1n) is 9.73. The largest absolute Gasteiger partial charge is 0.365 e. The van der Waals surface area contributed by atoms with Crippen LogP contribution in [0.4, 0.5) is 5.69 Å². The SMILES string of the molecule is Cc1ccc(C(=O)NCC23CC(CN2C(=O)C2(C)CCCO2)C3)c([N+](=O)[O-])c1. The predicted molar refractivity (Wildman–Crippen MR) is 101 cm³/mol. The van der Waals surface area contributed by atoms with Gasteiger partial charge in [-0.05, 0) is 57.1 Å². The summed E-state index contributed by atoms with van der Waals surface area (Å²) in [5.41, 5.74) is -0.602. The van der Waals surface area contributed by atoms with Crippen molar-refractivity contribution in [2.24, 2.45) is 5.92 Å². The van der Waals surface area contributed by atoms with E-state index in [0.29, 0.717) is 32.0 Å². The van der Waals surface area contributed by atoms with E-state index in [9.17, 15) is 19.7 Å². The fourth-order valence-electron chi connectivity index (χ4n) is 4.91. The first-order valence-corrected chi connectivity index (χ1v) is 9.73. The number of rotatable bonds is 5. The van der Waals surface area contributed by atoms with Gasteiger partial charge in [-0.3, -0.25) is 19.7 Å². The maximum absolute atomic E-state index is 13.1. The Morgan fingerprint density at radius 1 is 1.39 bits per heavy atom. The molecule has 3 saturated heterocycles. The zero-order valence-corrected chi connectivity index (χ0v) is 16.2. The second kappa shape index (κ2) is 6.55. The molecule has 0 aromatic heterocycles. The van der Waals surface area contributed by atoms with Crippen molar-refractivity contribution in [3.05, 3.63) is 39.4 Å². The van der Waals surface area contributed by atoms with E-state index in [1.54, 1.807) is 13.0 Å². The van der Waals surface area contributed by atoms with Gasteiger partial charge in [0.1, 0.15) is 11.2 Å². The molecule has 1 aromatic carbocycles. The molecule has 28 heavy (non-hydrogen) atoms. The number of nitrogens with one attached hydrogen (secondary N) is 1. The minimum absolute atomic E-state index is 0.000524. The van der Waals surface area contributed by atoms with E-state index < -0.39 is 22.0 Å². The number of benzene rings is 1. The molecule has 1 unspecified atom stereocenters. The third kappa shape index (κ3) is 2.96. The molecule has 0 spiro atoms. The molecule has 4 aliphatic rings. The van der Waals surface area contributed by atoms with E-state index in [1.807, 2.05) is 11.8 Å². The highest BCUT2D eigenvalue weighted by Gasteiger charge is 2.60. The summed E-state index contributed by atoms with van der Waals surface area (Å²) in [5, 5.41) is 14.1. The van der Waals surface area contributed by atoms with Gasteiger partial charge in [-0.1, -0.05) is 6.07 Å². The molecule has 1 aliphatic carbocycles. The van der Waals surface area contributed by atoms with Gasteiger partial charge in [0.15, 0.2) is 0 Å². The highest BCUT2D eigenvalue weighted by atomic mass is 16.6. The quantitative estimate of drug-likeness (QED) is 0.616. The van der Waals surface area contributed by atoms with Gasteiger partial charge in [-0.2, -0.15) is 0 Å². The average Bonchev–Trinajstić information content (AvgIpc) is 3.32. The Morgan fingerprint density at radius 3 is 2.79 bits per heavy atom. The smallest absolute Gasteiger partial charge is 0.282 e. The summed E-state index contributed by atoms with van der Waals surface area (Å²) in [6.07, 6.45) is 3.29. The number of nitrogens with zero attached hydrogens (tertiary/aromatic N) is 2. The molecule has 1 saturated carbocycles. The molecule has 3 heterocycles. The van der Waals surface area contributed by atoms with Crippen LogP contribution in [0.1, 0.15) is 48.5 Å². The number of ether oxygens (including phenoxy) is 1. The van der Waals surface area contributed by atoms with Crippen LogP contribution in [0.2, 0.25) is 0 Å². The van der Waals surface area contributed by atoms with Gasteiger partial charge in [-0.15, -0.1) is 0 Å². The molecular formula is C20H25N3O5. The topological polar surface area (TPSA) is 102 Å². The van der Waals surface area contributed by atoms with Gasteiger partial charge in [0.05, 0.1) is 10.5 Å². The summed E-state index contributed by atoms with van der Waals surface area (Å²) in [5.74, 6) is -0.0210. The van der Waals surface area contributed by atoms with Crippen LogP contribution in [0.5, 0.6) is 0 Å². The second-order valence-corrected chi connectivity index (χ2v) is 8.56. The number of aryl methyl sites for hydroxylation is 1. The van der Waals surface area contributed by atoms with E-state index in [1.165, 1.54) is 12.1 Å². The van der Waals surface area contributed by atoms with Crippen LogP contribution in [-0.2, 0) is 9.53 Å². The summed E-state index contributed by atoms with van der Waals surface area (Å²) in [6, 6.07) is 4.56. The Bertz CT molecular complexity index is 840. The van der Waals surface area contributed by atoms with Crippen LogP contribution in [0.15, 0.2) is 18.2 Å². The van der Waals surface area contributed by atoms with Crippen molar-refractivity contribution in [3.8, 4) is 0 Å². The number of carbonyl (C=O) groups excluding carboxylic acids is 2. The van der Waals surface area contributed by atoms with Crippen molar-refractivity contribution in [3.63, 3.8) is 0 Å². The average molecular weight is 387 g/mol. The molecule has 1 aromatic rings. The molecule has 8 heteroatoms. The molecule has 5 rings (SSSR count). The van der Waals surface area contributed by atoms with E-state index >= 15 is 0 Å². The first-order chi connectivity index (χ1) is 13.2. The van der Waals surface area contributed by atoms with Crippen molar-refractivity contribution < 1.29 is 19.2 Å². The molecule has 150 valence electrons. The minimum Gasteiger partial charge on any atom is -0.365 e. The first kappa shape index (κ1) is 18.9. The Kier molecular flexibility index (Phi) is 4.41. The molecular weight excluding hydrogens is 362 g/mol. The van der Waals surface area contributed by atoms with E-state index in [4.69, 9.17) is 4.74 Å². The van der Waals surface area contributed by atoms with Crippen molar-refractivity contribution in [2.75, 3.05) is 19.7 Å². The minimum atomic E-state index is -0.774. The molecule has 8 nitrogen and oxygen atoms in total. The molecule has 2 bridgehead atoms. The van der Waals surface area contributed by atoms with Crippen LogP contribution in [-0.4, -0.2) is 52.5 Å². The maximum Gasteiger partial charge on any atom is 0.282 e. The van der Waals surface area contributed by atoms with Crippen LogP contribution >= 0.6 is 0 Å². The zero-order chi connectivity index (χ0) is 20.1. The highest BCUT2D eigenvalue weighted by molar-refractivity contribution is 5.98. The van der Waals surface area contributed by atoms with E-state index in [-0.39, 0.29) is 17.2 Å². The normalized spacial score (nSPS) is 30.8. The summed E-state index contributed by atoms with van der Waals surface area (Å²) in [4.78, 5) is 38.4. The number of hydrogen-bond donors (Lipinski definition) is 1. The Hall–Kier alpha value is -2.48. The van der Waals surface area contributed by atoms with Crippen molar-refractivity contribution in [1.82, 2.24) is 10.2 Å². The van der Waals surface area contributed by atoms with E-state index in [0.717, 1.165) is 24.8 Å². The van der Waals surface area contributed by atoms with Crippen LogP contribution in [0, 0.1) is 23.0 Å². The number of nitro benzene ring substituents is 1. The number of nitro groups is 1. The van der Waals surface area contributed by atoms with Gasteiger partial charge in [0, 0.05) is 25.8 Å². The van der Waals surface area contributed by atoms with Gasteiger partial charge >= 0.3 is 0 Å². The molecule has 1 N–H and O–H groups in total. The van der Waals surface area contributed by atoms with Gasteiger partial charge in [-0.25, -0.2) is 0 Å². The molecule has 3 aliphatic heterocycles. The molecule has 4 fully saturated rings. The third-order valence-electron chi connectivity index (χ3n) is 6.44. The zero-order valence-electron chi connectivity index (χ0n) is 16.2. The fraction of sp³-hybridized carbons (Fsp3) is 0.600. The number of fused-ring (bicyclic) bond motifs is 1. The van der Waals surface area contributed by atoms with Crippen LogP contribution in [0.3, 0.4) is 0 Å². The number of amides is 2. The number of hydrogen-bond acceptors (Lipinski definition) is 5. The molecule has 1 atom stereocenters. The van der Waals surface area contributed by atoms with Crippen LogP contribution < -0.4 is 5.32 Å². The summed E-state index contributed by atoms with van der Waals surface area (Å²) in [7, 11) is 0. The molecule has 2 amide bonds. The monoisotopic (exact) mass is 387 g/mol. The van der Waals surface area contributed by atoms with Crippen molar-refractivity contribution in [2.45, 2.75) is 50.7 Å². The Labute approximate surface area is 163 Å². The lowest BCUT2D eigenvalue weighted by atomic mass is 9.73. The summed E-state index contributed by atoms with van der Waals surface area (Å²) in [6.45, 7) is 5.18. The highest BCUT2D eigenvalue weighted by Crippen LogP contribution is 2.51. The maximum atomic E-state index is 13.1. The van der Waals surface area contributed by atoms with E-state index in [2.05, 4.69) is 5.32 Å². The molecule has 0 radical (unpaired) electrons. The van der Waals surface area contributed by atoms with Gasteiger partial charge < -0.3 is 15.0 Å². The second-order valence-electron chi connectivity index (χ2n) is 8.56. The number of carbonyl (C=O) groups is 2. The summed E-state index contributed by atoms with van der Waals surface area (Å²) >= 11 is 0. The van der Waals surface area contributed by atoms with Gasteiger partial charge in [0.25, 0.3) is 17.5 Å². The lowest BCUT2D eigenvalue weighted by Gasteiger charge is -2.44. The fourth-order valence-corrected chi connectivity index (χ4v) is 4.91.